The van der Waals surface area contributed by atoms with Crippen LogP contribution in [0.3, 0.4) is 0 Å². The van der Waals surface area contributed by atoms with E-state index < -0.39 is 0 Å². The van der Waals surface area contributed by atoms with Gasteiger partial charge >= 0.3 is 0 Å². The largest absolute Gasteiger partial charge is 0.492 e. The standard InChI is InChI=1S/C17H28N2O/c1-13(2)17-6-5-16(11-14(17)3)20-10-9-19-8-7-18-12-15(19)4/h5-6,11,13,15,18H,7-10,12H2,1-4H3. The zero-order chi connectivity index (χ0) is 14.5. The van der Waals surface area contributed by atoms with E-state index in [1.54, 1.807) is 0 Å². The Kier molecular flexibility index (Phi) is 5.44. The molecule has 0 aliphatic carbocycles. The molecule has 2 rings (SSSR count). The van der Waals surface area contributed by atoms with E-state index in [0.717, 1.165) is 38.5 Å². The molecule has 1 aromatic carbocycles. The van der Waals surface area contributed by atoms with Gasteiger partial charge in [-0.1, -0.05) is 19.9 Å². The zero-order valence-electron chi connectivity index (χ0n) is 13.3. The van der Waals surface area contributed by atoms with E-state index in [0.29, 0.717) is 12.0 Å². The summed E-state index contributed by atoms with van der Waals surface area (Å²) in [5.41, 5.74) is 2.74. The number of benzene rings is 1. The van der Waals surface area contributed by atoms with Crippen molar-refractivity contribution in [1.82, 2.24) is 10.2 Å². The van der Waals surface area contributed by atoms with Crippen LogP contribution in [0.4, 0.5) is 0 Å². The first-order valence-electron chi connectivity index (χ1n) is 7.76. The smallest absolute Gasteiger partial charge is 0.119 e. The summed E-state index contributed by atoms with van der Waals surface area (Å²) >= 11 is 0. The molecule has 20 heavy (non-hydrogen) atoms. The Labute approximate surface area is 123 Å². The van der Waals surface area contributed by atoms with E-state index >= 15 is 0 Å². The highest BCUT2D eigenvalue weighted by atomic mass is 16.5. The van der Waals surface area contributed by atoms with Crippen molar-refractivity contribution in [2.75, 3.05) is 32.8 Å². The minimum atomic E-state index is 0.575. The van der Waals surface area contributed by atoms with Crippen molar-refractivity contribution in [1.29, 1.82) is 0 Å². The molecule has 3 nitrogen and oxygen atoms in total. The summed E-state index contributed by atoms with van der Waals surface area (Å²) in [6.45, 7) is 14.0. The maximum absolute atomic E-state index is 5.91. The lowest BCUT2D eigenvalue weighted by atomic mass is 9.98. The van der Waals surface area contributed by atoms with Crippen LogP contribution >= 0.6 is 0 Å². The molecule has 1 fully saturated rings. The summed E-state index contributed by atoms with van der Waals surface area (Å²) < 4.78 is 5.91. The molecule has 0 bridgehead atoms. The monoisotopic (exact) mass is 276 g/mol. The number of piperazine rings is 1. The van der Waals surface area contributed by atoms with E-state index in [4.69, 9.17) is 4.74 Å². The molecule has 0 amide bonds. The van der Waals surface area contributed by atoms with Gasteiger partial charge in [0.25, 0.3) is 0 Å². The van der Waals surface area contributed by atoms with Crippen molar-refractivity contribution in [3.8, 4) is 5.75 Å². The Morgan fingerprint density at radius 3 is 2.85 bits per heavy atom. The molecule has 112 valence electrons. The minimum absolute atomic E-state index is 0.575. The number of aryl methyl sites for hydroxylation is 1. The van der Waals surface area contributed by atoms with Gasteiger partial charge in [-0.15, -0.1) is 0 Å². The van der Waals surface area contributed by atoms with Crippen LogP contribution in [0, 0.1) is 6.92 Å². The highest BCUT2D eigenvalue weighted by Crippen LogP contribution is 2.23. The molecule has 1 aliphatic heterocycles. The molecule has 0 radical (unpaired) electrons. The first kappa shape index (κ1) is 15.3. The van der Waals surface area contributed by atoms with Crippen LogP contribution in [0.25, 0.3) is 0 Å². The summed E-state index contributed by atoms with van der Waals surface area (Å²) in [4.78, 5) is 2.49. The average molecular weight is 276 g/mol. The number of hydrogen-bond donors (Lipinski definition) is 1. The van der Waals surface area contributed by atoms with Crippen LogP contribution in [-0.2, 0) is 0 Å². The van der Waals surface area contributed by atoms with Crippen LogP contribution in [-0.4, -0.2) is 43.7 Å². The van der Waals surface area contributed by atoms with Crippen molar-refractivity contribution in [2.45, 2.75) is 39.7 Å². The predicted molar refractivity (Wildman–Crippen MR) is 84.7 cm³/mol. The average Bonchev–Trinajstić information content (AvgIpc) is 2.40. The van der Waals surface area contributed by atoms with Crippen LogP contribution in [0.5, 0.6) is 5.75 Å². The molecule has 1 unspecified atom stereocenters. The van der Waals surface area contributed by atoms with Crippen molar-refractivity contribution < 1.29 is 4.74 Å². The van der Waals surface area contributed by atoms with Crippen LogP contribution in [0.15, 0.2) is 18.2 Å². The molecule has 1 heterocycles. The summed E-state index contributed by atoms with van der Waals surface area (Å²) in [5.74, 6) is 1.57. The molecular formula is C17H28N2O. The van der Waals surface area contributed by atoms with Gasteiger partial charge in [0, 0.05) is 32.2 Å². The molecule has 1 atom stereocenters. The lowest BCUT2D eigenvalue weighted by Gasteiger charge is -2.33. The third-order valence-corrected chi connectivity index (χ3v) is 4.15. The summed E-state index contributed by atoms with van der Waals surface area (Å²) in [6, 6.07) is 7.07. The Balaban J connectivity index is 1.83. The third kappa shape index (κ3) is 3.97. The maximum atomic E-state index is 5.91. The van der Waals surface area contributed by atoms with Gasteiger partial charge < -0.3 is 10.1 Å². The fourth-order valence-electron chi connectivity index (χ4n) is 2.88. The van der Waals surface area contributed by atoms with Gasteiger partial charge in [0.1, 0.15) is 12.4 Å². The fourth-order valence-corrected chi connectivity index (χ4v) is 2.88. The summed E-state index contributed by atoms with van der Waals surface area (Å²) in [7, 11) is 0. The molecule has 1 N–H and O–H groups in total. The Morgan fingerprint density at radius 1 is 1.40 bits per heavy atom. The lowest BCUT2D eigenvalue weighted by Crippen LogP contribution is -2.50. The second-order valence-electron chi connectivity index (χ2n) is 6.11. The molecule has 0 spiro atoms. The topological polar surface area (TPSA) is 24.5 Å². The maximum Gasteiger partial charge on any atom is 0.119 e. The molecule has 0 aromatic heterocycles. The Bertz CT molecular complexity index is 431. The number of nitrogens with one attached hydrogen (secondary N) is 1. The highest BCUT2D eigenvalue weighted by Gasteiger charge is 2.17. The number of rotatable bonds is 5. The van der Waals surface area contributed by atoms with Crippen LogP contribution < -0.4 is 10.1 Å². The van der Waals surface area contributed by atoms with E-state index in [-0.39, 0.29) is 0 Å². The van der Waals surface area contributed by atoms with Gasteiger partial charge in [-0.25, -0.2) is 0 Å². The molecular weight excluding hydrogens is 248 g/mol. The second-order valence-corrected chi connectivity index (χ2v) is 6.11. The highest BCUT2D eigenvalue weighted by molar-refractivity contribution is 5.36. The molecule has 1 saturated heterocycles. The Morgan fingerprint density at radius 2 is 2.20 bits per heavy atom. The Hall–Kier alpha value is -1.06. The van der Waals surface area contributed by atoms with Crippen LogP contribution in [0.1, 0.15) is 37.8 Å². The van der Waals surface area contributed by atoms with Gasteiger partial charge in [-0.3, -0.25) is 4.90 Å². The number of ether oxygens (including phenoxy) is 1. The molecule has 0 saturated carbocycles. The van der Waals surface area contributed by atoms with E-state index in [1.807, 2.05) is 0 Å². The molecule has 3 heteroatoms. The number of hydrogen-bond acceptors (Lipinski definition) is 3. The van der Waals surface area contributed by atoms with Crippen molar-refractivity contribution in [2.24, 2.45) is 0 Å². The van der Waals surface area contributed by atoms with Gasteiger partial charge in [-0.2, -0.15) is 0 Å². The van der Waals surface area contributed by atoms with Crippen molar-refractivity contribution in [3.05, 3.63) is 29.3 Å². The van der Waals surface area contributed by atoms with E-state index in [1.165, 1.54) is 11.1 Å². The summed E-state index contributed by atoms with van der Waals surface area (Å²) in [6.07, 6.45) is 0. The van der Waals surface area contributed by atoms with Gasteiger partial charge in [0.15, 0.2) is 0 Å². The van der Waals surface area contributed by atoms with E-state index in [2.05, 4.69) is 56.1 Å². The van der Waals surface area contributed by atoms with Gasteiger partial charge in [0.05, 0.1) is 0 Å². The van der Waals surface area contributed by atoms with Crippen molar-refractivity contribution >= 4 is 0 Å². The molecule has 1 aliphatic rings. The second kappa shape index (κ2) is 7.09. The lowest BCUT2D eigenvalue weighted by molar-refractivity contribution is 0.143. The minimum Gasteiger partial charge on any atom is -0.492 e. The van der Waals surface area contributed by atoms with E-state index in [9.17, 15) is 0 Å². The number of nitrogens with zero attached hydrogens (tertiary/aromatic N) is 1. The predicted octanol–water partition coefficient (Wildman–Crippen LogP) is 2.79. The fraction of sp³-hybridized carbons (Fsp3) is 0.647. The van der Waals surface area contributed by atoms with Crippen LogP contribution in [0.2, 0.25) is 0 Å². The third-order valence-electron chi connectivity index (χ3n) is 4.15. The first-order valence-corrected chi connectivity index (χ1v) is 7.76. The first-order chi connectivity index (χ1) is 9.58. The van der Waals surface area contributed by atoms with Crippen molar-refractivity contribution in [3.63, 3.8) is 0 Å². The quantitative estimate of drug-likeness (QED) is 0.895. The van der Waals surface area contributed by atoms with Gasteiger partial charge in [-0.05, 0) is 43.0 Å². The normalized spacial score (nSPS) is 20.4. The van der Waals surface area contributed by atoms with Gasteiger partial charge in [0.2, 0.25) is 0 Å². The summed E-state index contributed by atoms with van der Waals surface area (Å²) in [5, 5.41) is 3.41. The SMILES string of the molecule is Cc1cc(OCCN2CCNCC2C)ccc1C(C)C. The molecule has 1 aromatic rings. The zero-order valence-corrected chi connectivity index (χ0v) is 13.3.